The largest absolute Gasteiger partial charge is 0.370 e. The molecular formula is C19H25N3O2S. The maximum Gasteiger partial charge on any atom is 0.234 e. The van der Waals surface area contributed by atoms with Crippen molar-refractivity contribution in [3.05, 3.63) is 54.2 Å². The summed E-state index contributed by atoms with van der Waals surface area (Å²) in [7, 11) is -3.41. The van der Waals surface area contributed by atoms with Crippen LogP contribution >= 0.6 is 0 Å². The highest BCUT2D eigenvalue weighted by Gasteiger charge is 2.17. The van der Waals surface area contributed by atoms with Crippen molar-refractivity contribution in [3.8, 4) is 0 Å². The van der Waals surface area contributed by atoms with Gasteiger partial charge in [-0.2, -0.15) is 0 Å². The van der Waals surface area contributed by atoms with Crippen LogP contribution in [0.25, 0.3) is 0 Å². The van der Waals surface area contributed by atoms with Crippen molar-refractivity contribution in [2.24, 2.45) is 5.92 Å². The average Bonchev–Trinajstić information content (AvgIpc) is 2.61. The van der Waals surface area contributed by atoms with Gasteiger partial charge in [0, 0.05) is 13.1 Å². The number of nitrogens with one attached hydrogen (secondary N) is 1. The summed E-state index contributed by atoms with van der Waals surface area (Å²) in [6, 6.07) is 13.3. The molecule has 2 heterocycles. The summed E-state index contributed by atoms with van der Waals surface area (Å²) in [6.07, 6.45) is 4.70. The van der Waals surface area contributed by atoms with Crippen molar-refractivity contribution >= 4 is 21.5 Å². The SMILES string of the molecule is CC1CCCN(c2ccc(NS(=O)(=O)CCc3ccccc3)nc2)C1. The summed E-state index contributed by atoms with van der Waals surface area (Å²) < 4.78 is 27.1. The van der Waals surface area contributed by atoms with E-state index >= 15 is 0 Å². The van der Waals surface area contributed by atoms with Crippen LogP contribution in [0.4, 0.5) is 11.5 Å². The van der Waals surface area contributed by atoms with Crippen LogP contribution in [-0.2, 0) is 16.4 Å². The third kappa shape index (κ3) is 5.19. The van der Waals surface area contributed by atoms with E-state index in [0.29, 0.717) is 18.2 Å². The molecule has 3 rings (SSSR count). The summed E-state index contributed by atoms with van der Waals surface area (Å²) in [5.74, 6) is 1.11. The maximum absolute atomic E-state index is 12.2. The zero-order chi connectivity index (χ0) is 17.7. The molecule has 0 amide bonds. The van der Waals surface area contributed by atoms with E-state index in [4.69, 9.17) is 0 Å². The molecule has 1 atom stereocenters. The van der Waals surface area contributed by atoms with Gasteiger partial charge in [0.25, 0.3) is 0 Å². The van der Waals surface area contributed by atoms with E-state index in [9.17, 15) is 8.42 Å². The molecule has 1 aromatic heterocycles. The predicted molar refractivity (Wildman–Crippen MR) is 102 cm³/mol. The molecule has 0 spiro atoms. The van der Waals surface area contributed by atoms with E-state index in [2.05, 4.69) is 21.5 Å². The molecule has 1 fully saturated rings. The first-order valence-corrected chi connectivity index (χ1v) is 10.4. The Bertz CT molecular complexity index is 776. The van der Waals surface area contributed by atoms with Crippen molar-refractivity contribution in [1.29, 1.82) is 0 Å². The maximum atomic E-state index is 12.2. The predicted octanol–water partition coefficient (Wildman–Crippen LogP) is 3.30. The van der Waals surface area contributed by atoms with Crippen LogP contribution in [-0.4, -0.2) is 32.2 Å². The first kappa shape index (κ1) is 17.7. The fraction of sp³-hybridized carbons (Fsp3) is 0.421. The minimum Gasteiger partial charge on any atom is -0.370 e. The van der Waals surface area contributed by atoms with E-state index in [0.717, 1.165) is 24.3 Å². The Morgan fingerprint density at radius 3 is 2.68 bits per heavy atom. The van der Waals surface area contributed by atoms with E-state index in [1.807, 2.05) is 36.4 Å². The number of sulfonamides is 1. The van der Waals surface area contributed by atoms with Crippen molar-refractivity contribution in [2.75, 3.05) is 28.5 Å². The first-order valence-electron chi connectivity index (χ1n) is 8.77. The molecular weight excluding hydrogens is 334 g/mol. The highest BCUT2D eigenvalue weighted by Crippen LogP contribution is 2.23. The van der Waals surface area contributed by atoms with Gasteiger partial charge in [0.05, 0.1) is 17.6 Å². The van der Waals surface area contributed by atoms with Crippen molar-refractivity contribution in [1.82, 2.24) is 4.98 Å². The van der Waals surface area contributed by atoms with Gasteiger partial charge in [0.15, 0.2) is 0 Å². The normalized spacial score (nSPS) is 18.1. The van der Waals surface area contributed by atoms with Crippen LogP contribution in [0.2, 0.25) is 0 Å². The molecule has 1 aliphatic heterocycles. The molecule has 0 radical (unpaired) electrons. The van der Waals surface area contributed by atoms with Crippen molar-refractivity contribution < 1.29 is 8.42 Å². The number of nitrogens with zero attached hydrogens (tertiary/aromatic N) is 2. The number of anilines is 2. The second-order valence-corrected chi connectivity index (χ2v) is 8.59. The van der Waals surface area contributed by atoms with Crippen molar-refractivity contribution in [2.45, 2.75) is 26.2 Å². The molecule has 6 heteroatoms. The molecule has 5 nitrogen and oxygen atoms in total. The van der Waals surface area contributed by atoms with Crippen molar-refractivity contribution in [3.63, 3.8) is 0 Å². The molecule has 1 unspecified atom stereocenters. The van der Waals surface area contributed by atoms with Gasteiger partial charge in [-0.3, -0.25) is 4.72 Å². The molecule has 134 valence electrons. The van der Waals surface area contributed by atoms with Gasteiger partial charge in [0.1, 0.15) is 5.82 Å². The third-order valence-corrected chi connectivity index (χ3v) is 5.79. The lowest BCUT2D eigenvalue weighted by Crippen LogP contribution is -2.34. The summed E-state index contributed by atoms with van der Waals surface area (Å²) in [5.41, 5.74) is 2.06. The Labute approximate surface area is 150 Å². The van der Waals surface area contributed by atoms with Gasteiger partial charge in [-0.15, -0.1) is 0 Å². The number of aryl methyl sites for hydroxylation is 1. The number of rotatable bonds is 6. The van der Waals surface area contributed by atoms with Gasteiger partial charge in [-0.05, 0) is 42.9 Å². The highest BCUT2D eigenvalue weighted by molar-refractivity contribution is 7.92. The monoisotopic (exact) mass is 359 g/mol. The fourth-order valence-electron chi connectivity index (χ4n) is 3.16. The van der Waals surface area contributed by atoms with Gasteiger partial charge >= 0.3 is 0 Å². The Hall–Kier alpha value is -2.08. The van der Waals surface area contributed by atoms with Crippen LogP contribution in [0.15, 0.2) is 48.7 Å². The summed E-state index contributed by atoms with van der Waals surface area (Å²) in [5, 5.41) is 0. The summed E-state index contributed by atoms with van der Waals surface area (Å²) in [4.78, 5) is 6.60. The second kappa shape index (κ2) is 7.87. The lowest BCUT2D eigenvalue weighted by atomic mass is 10.00. The smallest absolute Gasteiger partial charge is 0.234 e. The van der Waals surface area contributed by atoms with E-state index < -0.39 is 10.0 Å². The van der Waals surface area contributed by atoms with Gasteiger partial charge in [-0.1, -0.05) is 37.3 Å². The zero-order valence-electron chi connectivity index (χ0n) is 14.6. The molecule has 25 heavy (non-hydrogen) atoms. The van der Waals surface area contributed by atoms with E-state index in [1.54, 1.807) is 12.3 Å². The van der Waals surface area contributed by atoms with Crippen LogP contribution in [0.5, 0.6) is 0 Å². The topological polar surface area (TPSA) is 62.3 Å². The molecule has 0 saturated carbocycles. The highest BCUT2D eigenvalue weighted by atomic mass is 32.2. The number of hydrogen-bond acceptors (Lipinski definition) is 4. The number of benzene rings is 1. The fourth-order valence-corrected chi connectivity index (χ4v) is 4.21. The Kier molecular flexibility index (Phi) is 5.58. The molecule has 1 N–H and O–H groups in total. The number of hydrogen-bond donors (Lipinski definition) is 1. The summed E-state index contributed by atoms with van der Waals surface area (Å²) >= 11 is 0. The number of pyridine rings is 1. The minimum absolute atomic E-state index is 0.0457. The van der Waals surface area contributed by atoms with E-state index in [-0.39, 0.29) is 5.75 Å². The molecule has 2 aromatic rings. The third-order valence-electron chi connectivity index (χ3n) is 4.53. The van der Waals surface area contributed by atoms with Gasteiger partial charge < -0.3 is 4.90 Å². The van der Waals surface area contributed by atoms with Crippen LogP contribution in [0, 0.1) is 5.92 Å². The Balaban J connectivity index is 1.58. The zero-order valence-corrected chi connectivity index (χ0v) is 15.4. The van der Waals surface area contributed by atoms with Gasteiger partial charge in [0.2, 0.25) is 10.0 Å². The Morgan fingerprint density at radius 1 is 1.20 bits per heavy atom. The molecule has 1 saturated heterocycles. The second-order valence-electron chi connectivity index (χ2n) is 6.75. The number of piperidine rings is 1. The lowest BCUT2D eigenvalue weighted by molar-refractivity contribution is 0.446. The quantitative estimate of drug-likeness (QED) is 0.860. The average molecular weight is 359 g/mol. The summed E-state index contributed by atoms with van der Waals surface area (Å²) in [6.45, 7) is 4.33. The van der Waals surface area contributed by atoms with Crippen LogP contribution in [0.3, 0.4) is 0 Å². The van der Waals surface area contributed by atoms with Crippen LogP contribution in [0.1, 0.15) is 25.3 Å². The molecule has 1 aliphatic rings. The minimum atomic E-state index is -3.41. The number of aromatic nitrogens is 1. The van der Waals surface area contributed by atoms with E-state index in [1.165, 1.54) is 12.8 Å². The van der Waals surface area contributed by atoms with Crippen LogP contribution < -0.4 is 9.62 Å². The Morgan fingerprint density at radius 2 is 2.00 bits per heavy atom. The molecule has 0 aliphatic carbocycles. The standard InChI is InChI=1S/C19H25N3O2S/c1-16-6-5-12-22(15-16)18-9-10-19(20-14-18)21-25(23,24)13-11-17-7-3-2-4-8-17/h2-4,7-10,14,16H,5-6,11-13,15H2,1H3,(H,20,21). The first-order chi connectivity index (χ1) is 12.0. The molecule has 0 bridgehead atoms. The van der Waals surface area contributed by atoms with Gasteiger partial charge in [-0.25, -0.2) is 13.4 Å². The molecule has 1 aromatic carbocycles. The lowest BCUT2D eigenvalue weighted by Gasteiger charge is -2.32.